The van der Waals surface area contributed by atoms with E-state index in [1.807, 2.05) is 0 Å². The van der Waals surface area contributed by atoms with Gasteiger partial charge in [-0.15, -0.1) is 0 Å². The molecule has 18 heavy (non-hydrogen) atoms. The number of anilines is 1. The largest absolute Gasteiger partial charge is 0.302 e. The second kappa shape index (κ2) is 3.77. The smallest absolute Gasteiger partial charge is 0.0756 e. The number of fused-ring (bicyclic) bond motifs is 1. The summed E-state index contributed by atoms with van der Waals surface area (Å²) in [5.74, 6) is 0. The summed E-state index contributed by atoms with van der Waals surface area (Å²) in [7, 11) is 0. The highest BCUT2D eigenvalue weighted by atomic mass is 15.6. The Bertz CT molecular complexity index is 621. The maximum Gasteiger partial charge on any atom is 0.0756 e. The molecule has 1 N–H and O–H groups in total. The van der Waals surface area contributed by atoms with Crippen molar-refractivity contribution in [2.75, 3.05) is 5.01 Å². The zero-order chi connectivity index (χ0) is 12.8. The molecular weight excluding hydrogens is 220 g/mol. The van der Waals surface area contributed by atoms with Gasteiger partial charge >= 0.3 is 0 Å². The fourth-order valence-electron chi connectivity index (χ4n) is 2.72. The molecule has 0 bridgehead atoms. The molecule has 2 nitrogen and oxygen atoms in total. The topological polar surface area (TPSA) is 15.3 Å². The average Bonchev–Trinajstić information content (AvgIpc) is 2.61. The molecule has 0 unspecified atom stereocenters. The molecular formula is C16H18N2. The van der Waals surface area contributed by atoms with Crippen LogP contribution in [0, 0.1) is 0 Å². The van der Waals surface area contributed by atoms with Crippen molar-refractivity contribution in [2.24, 2.45) is 0 Å². The molecule has 3 rings (SSSR count). The first-order valence-electron chi connectivity index (χ1n) is 6.32. The normalized spacial score (nSPS) is 17.7. The Morgan fingerprint density at radius 1 is 1.00 bits per heavy atom. The summed E-state index contributed by atoms with van der Waals surface area (Å²) in [5.41, 5.74) is 5.87. The quantitative estimate of drug-likeness (QED) is 0.812. The second-order valence-corrected chi connectivity index (χ2v) is 5.43. The van der Waals surface area contributed by atoms with Crippen molar-refractivity contribution in [2.45, 2.75) is 26.3 Å². The maximum atomic E-state index is 3.45. The van der Waals surface area contributed by atoms with Crippen molar-refractivity contribution >= 4 is 16.5 Å². The molecule has 0 fully saturated rings. The number of hydrazine groups is 1. The number of rotatable bonds is 1. The second-order valence-electron chi connectivity index (χ2n) is 5.43. The van der Waals surface area contributed by atoms with E-state index in [1.54, 1.807) is 0 Å². The number of nitrogens with zero attached hydrogens (tertiary/aromatic N) is 1. The summed E-state index contributed by atoms with van der Waals surface area (Å²) in [4.78, 5) is 0. The van der Waals surface area contributed by atoms with E-state index >= 15 is 0 Å². The van der Waals surface area contributed by atoms with Crippen LogP contribution in [0.4, 0.5) is 5.69 Å². The summed E-state index contributed by atoms with van der Waals surface area (Å²) in [6.07, 6.45) is 2.26. The standard InChI is InChI=1S/C16H18N2/c1-12-11-16(2,3)18(17-12)15-10-6-8-13-7-4-5-9-14(13)15/h4-11,17H,1-3H3. The van der Waals surface area contributed by atoms with Gasteiger partial charge in [-0.2, -0.15) is 0 Å². The van der Waals surface area contributed by atoms with Gasteiger partial charge in [0.25, 0.3) is 0 Å². The highest BCUT2D eigenvalue weighted by Crippen LogP contribution is 2.33. The van der Waals surface area contributed by atoms with Crippen LogP contribution in [0.5, 0.6) is 0 Å². The molecule has 0 saturated heterocycles. The molecule has 92 valence electrons. The monoisotopic (exact) mass is 238 g/mol. The Hall–Kier alpha value is -1.96. The van der Waals surface area contributed by atoms with E-state index in [0.29, 0.717) is 0 Å². The van der Waals surface area contributed by atoms with Crippen LogP contribution in [-0.4, -0.2) is 5.54 Å². The van der Waals surface area contributed by atoms with E-state index in [0.717, 1.165) is 0 Å². The first-order chi connectivity index (χ1) is 8.58. The molecule has 0 aromatic heterocycles. The van der Waals surface area contributed by atoms with Crippen molar-refractivity contribution in [1.29, 1.82) is 0 Å². The molecule has 0 radical (unpaired) electrons. The van der Waals surface area contributed by atoms with Gasteiger partial charge in [0.15, 0.2) is 0 Å². The molecule has 0 saturated carbocycles. The van der Waals surface area contributed by atoms with Crippen LogP contribution in [0.2, 0.25) is 0 Å². The molecule has 2 heteroatoms. The van der Waals surface area contributed by atoms with Gasteiger partial charge in [-0.1, -0.05) is 36.4 Å². The molecule has 1 aliphatic rings. The Labute approximate surface area is 108 Å². The molecule has 1 aliphatic heterocycles. The highest BCUT2D eigenvalue weighted by molar-refractivity contribution is 5.94. The van der Waals surface area contributed by atoms with E-state index in [-0.39, 0.29) is 5.54 Å². The van der Waals surface area contributed by atoms with Crippen LogP contribution in [-0.2, 0) is 0 Å². The molecule has 2 aromatic rings. The van der Waals surface area contributed by atoms with Gasteiger partial charge < -0.3 is 5.43 Å². The number of benzene rings is 2. The van der Waals surface area contributed by atoms with E-state index in [2.05, 4.69) is 79.7 Å². The third-order valence-corrected chi connectivity index (χ3v) is 3.44. The fourth-order valence-corrected chi connectivity index (χ4v) is 2.72. The minimum absolute atomic E-state index is 0.00575. The summed E-state index contributed by atoms with van der Waals surface area (Å²) < 4.78 is 0. The minimum Gasteiger partial charge on any atom is -0.302 e. The van der Waals surface area contributed by atoms with Crippen molar-refractivity contribution in [1.82, 2.24) is 5.43 Å². The lowest BCUT2D eigenvalue weighted by Crippen LogP contribution is -2.45. The molecule has 0 atom stereocenters. The zero-order valence-electron chi connectivity index (χ0n) is 11.1. The first kappa shape index (κ1) is 11.1. The van der Waals surface area contributed by atoms with Gasteiger partial charge in [0.05, 0.1) is 11.2 Å². The lowest BCUT2D eigenvalue weighted by molar-refractivity contribution is 0.561. The van der Waals surface area contributed by atoms with E-state index < -0.39 is 0 Å². The van der Waals surface area contributed by atoms with Crippen LogP contribution in [0.3, 0.4) is 0 Å². The predicted octanol–water partition coefficient (Wildman–Crippen LogP) is 3.85. The molecule has 1 heterocycles. The first-order valence-corrected chi connectivity index (χ1v) is 6.32. The third kappa shape index (κ3) is 1.65. The zero-order valence-corrected chi connectivity index (χ0v) is 11.1. The Kier molecular flexibility index (Phi) is 2.34. The number of hydrogen-bond donors (Lipinski definition) is 1. The lowest BCUT2D eigenvalue weighted by Gasteiger charge is -2.33. The summed E-state index contributed by atoms with van der Waals surface area (Å²) in [6.45, 7) is 6.55. The van der Waals surface area contributed by atoms with Crippen LogP contribution in [0.25, 0.3) is 10.8 Å². The summed E-state index contributed by atoms with van der Waals surface area (Å²) in [5, 5.41) is 4.80. The Morgan fingerprint density at radius 2 is 1.72 bits per heavy atom. The Morgan fingerprint density at radius 3 is 2.44 bits per heavy atom. The molecule has 0 amide bonds. The SMILES string of the molecule is CC1=CC(C)(C)N(c2cccc3ccccc23)N1. The van der Waals surface area contributed by atoms with Crippen molar-refractivity contribution < 1.29 is 0 Å². The summed E-state index contributed by atoms with van der Waals surface area (Å²) >= 11 is 0. The number of nitrogens with one attached hydrogen (secondary N) is 1. The number of hydrogen-bond acceptors (Lipinski definition) is 2. The van der Waals surface area contributed by atoms with Gasteiger partial charge in [-0.25, -0.2) is 0 Å². The van der Waals surface area contributed by atoms with Crippen LogP contribution >= 0.6 is 0 Å². The van der Waals surface area contributed by atoms with Gasteiger partial charge in [0.1, 0.15) is 0 Å². The van der Waals surface area contributed by atoms with Crippen LogP contribution < -0.4 is 10.4 Å². The van der Waals surface area contributed by atoms with Crippen molar-refractivity contribution in [3.63, 3.8) is 0 Å². The van der Waals surface area contributed by atoms with Crippen molar-refractivity contribution in [3.05, 3.63) is 54.2 Å². The molecule has 0 spiro atoms. The lowest BCUT2D eigenvalue weighted by atomic mass is 10.0. The van der Waals surface area contributed by atoms with Crippen LogP contribution in [0.1, 0.15) is 20.8 Å². The maximum absolute atomic E-state index is 3.45. The van der Waals surface area contributed by atoms with E-state index in [4.69, 9.17) is 0 Å². The third-order valence-electron chi connectivity index (χ3n) is 3.44. The van der Waals surface area contributed by atoms with E-state index in [1.165, 1.54) is 22.2 Å². The summed E-state index contributed by atoms with van der Waals surface area (Å²) in [6, 6.07) is 14.9. The van der Waals surface area contributed by atoms with E-state index in [9.17, 15) is 0 Å². The minimum atomic E-state index is -0.00575. The fraction of sp³-hybridized carbons (Fsp3) is 0.250. The van der Waals surface area contributed by atoms with Gasteiger partial charge in [0, 0.05) is 11.1 Å². The Balaban J connectivity index is 2.16. The molecule has 0 aliphatic carbocycles. The van der Waals surface area contributed by atoms with Gasteiger partial charge in [-0.3, -0.25) is 5.01 Å². The van der Waals surface area contributed by atoms with Crippen LogP contribution in [0.15, 0.2) is 54.2 Å². The van der Waals surface area contributed by atoms with Gasteiger partial charge in [0.2, 0.25) is 0 Å². The molecule has 2 aromatic carbocycles. The van der Waals surface area contributed by atoms with Gasteiger partial charge in [-0.05, 0) is 38.3 Å². The predicted molar refractivity (Wildman–Crippen MR) is 77.4 cm³/mol. The number of allylic oxidation sites excluding steroid dienone is 1. The van der Waals surface area contributed by atoms with Crippen molar-refractivity contribution in [3.8, 4) is 0 Å². The highest BCUT2D eigenvalue weighted by Gasteiger charge is 2.31. The average molecular weight is 238 g/mol.